The maximum absolute atomic E-state index is 13.2. The minimum atomic E-state index is -0.0151. The van der Waals surface area contributed by atoms with E-state index in [1.54, 1.807) is 13.3 Å². The van der Waals surface area contributed by atoms with Crippen molar-refractivity contribution in [2.75, 3.05) is 20.2 Å². The van der Waals surface area contributed by atoms with Gasteiger partial charge in [-0.05, 0) is 48.7 Å². The lowest BCUT2D eigenvalue weighted by Crippen LogP contribution is -2.39. The quantitative estimate of drug-likeness (QED) is 0.441. The molecule has 7 heteroatoms. The fraction of sp³-hybridized carbons (Fsp3) is 0.280. The number of methoxy groups -OCH3 is 1. The number of hydrogen-bond donors (Lipinski definition) is 1. The molecule has 0 saturated carbocycles. The Labute approximate surface area is 191 Å². The lowest BCUT2D eigenvalue weighted by atomic mass is 9.97. The van der Waals surface area contributed by atoms with Gasteiger partial charge >= 0.3 is 0 Å². The summed E-state index contributed by atoms with van der Waals surface area (Å²) in [7, 11) is 1.63. The molecule has 1 saturated heterocycles. The summed E-state index contributed by atoms with van der Waals surface area (Å²) in [4.78, 5) is 22.9. The monoisotopic (exact) mass is 449 g/mol. The van der Waals surface area contributed by atoms with Crippen LogP contribution in [0.3, 0.4) is 0 Å². The molecule has 1 amide bonds. The van der Waals surface area contributed by atoms with E-state index in [-0.39, 0.29) is 11.8 Å². The first kappa shape index (κ1) is 20.6. The van der Waals surface area contributed by atoms with E-state index in [9.17, 15) is 4.79 Å². The summed E-state index contributed by atoms with van der Waals surface area (Å²) in [5.41, 5.74) is 2.54. The van der Waals surface area contributed by atoms with E-state index < -0.39 is 0 Å². The predicted octanol–water partition coefficient (Wildman–Crippen LogP) is 5.43. The Morgan fingerprint density at radius 1 is 1.28 bits per heavy atom. The first-order chi connectivity index (χ1) is 15.6. The highest BCUT2D eigenvalue weighted by Gasteiger charge is 2.29. The molecule has 0 bridgehead atoms. The van der Waals surface area contributed by atoms with Gasteiger partial charge in [-0.25, -0.2) is 4.98 Å². The second-order valence-corrected chi connectivity index (χ2v) is 8.60. The average Bonchev–Trinajstić information content (AvgIpc) is 3.46. The molecule has 1 atom stereocenters. The van der Waals surface area contributed by atoms with Crippen LogP contribution >= 0.6 is 11.6 Å². The van der Waals surface area contributed by atoms with Gasteiger partial charge in [-0.2, -0.15) is 0 Å². The normalized spacial score (nSPS) is 16.4. The molecule has 0 radical (unpaired) electrons. The van der Waals surface area contributed by atoms with Crippen molar-refractivity contribution >= 4 is 28.4 Å². The summed E-state index contributed by atoms with van der Waals surface area (Å²) in [6, 6.07) is 15.4. The Bertz CT molecular complexity index is 1260. The Morgan fingerprint density at radius 3 is 3.00 bits per heavy atom. The van der Waals surface area contributed by atoms with Crippen LogP contribution in [0.5, 0.6) is 5.75 Å². The standard InChI is InChI=1S/C25H24ClN3O3/c1-31-23-9-3-8-21-20(23)13-22(28-21)25(30)29-10-4-6-17(15-29)24-27-14-19(32-24)12-16-5-2-7-18(26)11-16/h2-3,5,7-9,11,13-14,17,28H,4,6,10,12,15H2,1H3/t17-/m0/s1. The number of nitrogens with zero attached hydrogens (tertiary/aromatic N) is 2. The number of H-pyrrole nitrogens is 1. The Balaban J connectivity index is 1.30. The molecule has 5 rings (SSSR count). The summed E-state index contributed by atoms with van der Waals surface area (Å²) in [5.74, 6) is 2.31. The molecule has 3 heterocycles. The van der Waals surface area contributed by atoms with Crippen LogP contribution in [0.2, 0.25) is 5.02 Å². The molecular weight excluding hydrogens is 426 g/mol. The minimum Gasteiger partial charge on any atom is -0.496 e. The smallest absolute Gasteiger partial charge is 0.270 e. The molecule has 32 heavy (non-hydrogen) atoms. The number of carbonyl (C=O) groups is 1. The van der Waals surface area contributed by atoms with Gasteiger partial charge in [0.25, 0.3) is 5.91 Å². The van der Waals surface area contributed by atoms with Crippen LogP contribution in [-0.2, 0) is 6.42 Å². The molecule has 2 aromatic carbocycles. The van der Waals surface area contributed by atoms with Gasteiger partial charge in [0.2, 0.25) is 0 Å². The molecule has 1 N–H and O–H groups in total. The number of benzene rings is 2. The number of fused-ring (bicyclic) bond motifs is 1. The van der Waals surface area contributed by atoms with Crippen LogP contribution in [0, 0.1) is 0 Å². The number of carbonyl (C=O) groups excluding carboxylic acids is 1. The molecule has 4 aromatic rings. The maximum atomic E-state index is 13.2. The van der Waals surface area contributed by atoms with E-state index in [0.717, 1.165) is 47.4 Å². The minimum absolute atomic E-state index is 0.0151. The molecule has 0 unspecified atom stereocenters. The number of aromatic amines is 1. The Kier molecular flexibility index (Phi) is 5.62. The lowest BCUT2D eigenvalue weighted by molar-refractivity contribution is 0.0693. The zero-order chi connectivity index (χ0) is 22.1. The van der Waals surface area contributed by atoms with Crippen molar-refractivity contribution in [1.29, 1.82) is 0 Å². The van der Waals surface area contributed by atoms with Gasteiger partial charge in [0.15, 0.2) is 5.89 Å². The van der Waals surface area contributed by atoms with Gasteiger partial charge in [-0.15, -0.1) is 0 Å². The number of nitrogens with one attached hydrogen (secondary N) is 1. The molecule has 1 fully saturated rings. The van der Waals surface area contributed by atoms with Gasteiger partial charge in [-0.1, -0.05) is 29.8 Å². The molecule has 0 aliphatic carbocycles. The predicted molar refractivity (Wildman–Crippen MR) is 123 cm³/mol. The average molecular weight is 450 g/mol. The first-order valence-electron chi connectivity index (χ1n) is 10.7. The van der Waals surface area contributed by atoms with Gasteiger partial charge in [0, 0.05) is 35.4 Å². The number of oxazole rings is 1. The third-order valence-corrected chi connectivity index (χ3v) is 6.21. The number of piperidine rings is 1. The lowest BCUT2D eigenvalue weighted by Gasteiger charge is -2.31. The SMILES string of the molecule is COc1cccc2[nH]c(C(=O)N3CCC[C@H](c4ncc(Cc5cccc(Cl)c5)o4)C3)cc12. The van der Waals surface area contributed by atoms with Crippen LogP contribution in [-0.4, -0.2) is 41.0 Å². The first-order valence-corrected chi connectivity index (χ1v) is 11.1. The van der Waals surface area contributed by atoms with E-state index >= 15 is 0 Å². The number of likely N-dealkylation sites (tertiary alicyclic amines) is 1. The second kappa shape index (κ2) is 8.71. The summed E-state index contributed by atoms with van der Waals surface area (Å²) in [6.07, 6.45) is 4.27. The molecule has 2 aromatic heterocycles. The number of amides is 1. The Hall–Kier alpha value is -3.25. The van der Waals surface area contributed by atoms with E-state index in [1.165, 1.54) is 0 Å². The summed E-state index contributed by atoms with van der Waals surface area (Å²) < 4.78 is 11.5. The van der Waals surface area contributed by atoms with Crippen LogP contribution < -0.4 is 4.74 Å². The molecule has 1 aliphatic rings. The van der Waals surface area contributed by atoms with E-state index in [4.69, 9.17) is 20.8 Å². The molecule has 1 aliphatic heterocycles. The molecule has 0 spiro atoms. The largest absolute Gasteiger partial charge is 0.496 e. The summed E-state index contributed by atoms with van der Waals surface area (Å²) >= 11 is 6.08. The van der Waals surface area contributed by atoms with Gasteiger partial charge in [0.05, 0.1) is 19.2 Å². The van der Waals surface area contributed by atoms with Crippen molar-refractivity contribution in [1.82, 2.24) is 14.9 Å². The van der Waals surface area contributed by atoms with Crippen molar-refractivity contribution in [3.8, 4) is 5.75 Å². The molecule has 6 nitrogen and oxygen atoms in total. The molecule has 164 valence electrons. The number of hydrogen-bond acceptors (Lipinski definition) is 4. The fourth-order valence-electron chi connectivity index (χ4n) is 4.40. The van der Waals surface area contributed by atoms with Gasteiger partial charge in [0.1, 0.15) is 17.2 Å². The van der Waals surface area contributed by atoms with Crippen LogP contribution in [0.4, 0.5) is 0 Å². The second-order valence-electron chi connectivity index (χ2n) is 8.17. The Morgan fingerprint density at radius 2 is 2.16 bits per heavy atom. The molecular formula is C25H24ClN3O3. The highest BCUT2D eigenvalue weighted by atomic mass is 35.5. The van der Waals surface area contributed by atoms with E-state index in [2.05, 4.69) is 9.97 Å². The highest BCUT2D eigenvalue weighted by molar-refractivity contribution is 6.30. The summed E-state index contributed by atoms with van der Waals surface area (Å²) in [5, 5.41) is 1.61. The fourth-order valence-corrected chi connectivity index (χ4v) is 4.61. The van der Waals surface area contributed by atoms with Crippen LogP contribution in [0.25, 0.3) is 10.9 Å². The van der Waals surface area contributed by atoms with Crippen molar-refractivity contribution in [3.05, 3.63) is 82.7 Å². The number of ether oxygens (including phenoxy) is 1. The zero-order valence-corrected chi connectivity index (χ0v) is 18.6. The number of rotatable bonds is 5. The summed E-state index contributed by atoms with van der Waals surface area (Å²) in [6.45, 7) is 1.31. The third-order valence-electron chi connectivity index (χ3n) is 5.97. The van der Waals surface area contributed by atoms with Crippen molar-refractivity contribution < 1.29 is 13.9 Å². The van der Waals surface area contributed by atoms with Crippen LogP contribution in [0.15, 0.2) is 59.1 Å². The topological polar surface area (TPSA) is 71.4 Å². The maximum Gasteiger partial charge on any atom is 0.270 e. The third kappa shape index (κ3) is 4.10. The van der Waals surface area contributed by atoms with E-state index in [0.29, 0.717) is 29.6 Å². The van der Waals surface area contributed by atoms with Gasteiger partial charge in [-0.3, -0.25) is 4.79 Å². The van der Waals surface area contributed by atoms with Gasteiger partial charge < -0.3 is 19.0 Å². The van der Waals surface area contributed by atoms with Crippen LogP contribution in [0.1, 0.15) is 46.5 Å². The number of halogens is 1. The zero-order valence-electron chi connectivity index (χ0n) is 17.8. The number of aromatic nitrogens is 2. The van der Waals surface area contributed by atoms with E-state index in [1.807, 2.05) is 53.4 Å². The van der Waals surface area contributed by atoms with Crippen molar-refractivity contribution in [2.24, 2.45) is 0 Å². The van der Waals surface area contributed by atoms with Crippen molar-refractivity contribution in [2.45, 2.75) is 25.2 Å². The highest BCUT2D eigenvalue weighted by Crippen LogP contribution is 2.30. The van der Waals surface area contributed by atoms with Crippen molar-refractivity contribution in [3.63, 3.8) is 0 Å².